The van der Waals surface area contributed by atoms with E-state index in [1.54, 1.807) is 0 Å². The van der Waals surface area contributed by atoms with E-state index in [1.807, 2.05) is 6.92 Å². The quantitative estimate of drug-likeness (QED) is 0.448. The molecule has 0 bridgehead atoms. The minimum atomic E-state index is -0.251. The average molecular weight is 277 g/mol. The minimum absolute atomic E-state index is 0.0416. The Morgan fingerprint density at radius 1 is 1.80 bits per heavy atom. The van der Waals surface area contributed by atoms with Crippen molar-refractivity contribution in [3.05, 3.63) is 0 Å². The minimum Gasteiger partial charge on any atom is -0.465 e. The van der Waals surface area contributed by atoms with Crippen molar-refractivity contribution in [1.82, 2.24) is 0 Å². The van der Waals surface area contributed by atoms with E-state index in [0.717, 1.165) is 0 Å². The van der Waals surface area contributed by atoms with Crippen molar-refractivity contribution in [3.63, 3.8) is 0 Å². The summed E-state index contributed by atoms with van der Waals surface area (Å²) in [5.74, 6) is -0.251. The third-order valence-electron chi connectivity index (χ3n) is 0.944. The first-order valence-electron chi connectivity index (χ1n) is 2.95. The highest BCUT2D eigenvalue weighted by Gasteiger charge is 2.11. The fourth-order valence-corrected chi connectivity index (χ4v) is 0.582. The fourth-order valence-electron chi connectivity index (χ4n) is 0.330. The third-order valence-corrected chi connectivity index (χ3v) is 3.11. The van der Waals surface area contributed by atoms with Gasteiger partial charge in [0.15, 0.2) is 0 Å². The van der Waals surface area contributed by atoms with Crippen LogP contribution < -0.4 is 0 Å². The van der Waals surface area contributed by atoms with Gasteiger partial charge in [0.25, 0.3) is 0 Å². The van der Waals surface area contributed by atoms with Gasteiger partial charge in [-0.05, 0) is 6.92 Å². The molecular weight excluding hydrogens is 266 g/mol. The molecule has 0 amide bonds. The van der Waals surface area contributed by atoms with Crippen LogP contribution in [0.2, 0.25) is 0 Å². The van der Waals surface area contributed by atoms with Crippen LogP contribution in [0.3, 0.4) is 0 Å². The second-order valence-electron chi connectivity index (χ2n) is 2.00. The molecule has 0 aromatic rings. The van der Waals surface area contributed by atoms with Gasteiger partial charge in [-0.2, -0.15) is 0 Å². The maximum Gasteiger partial charge on any atom is 0.302 e. The summed E-state index contributed by atoms with van der Waals surface area (Å²) < 4.78 is 4.93. The number of carbonyl (C=O) groups is 1. The Balaban J connectivity index is 3.39. The highest BCUT2D eigenvalue weighted by atomic mass is 127. The summed E-state index contributed by atoms with van der Waals surface area (Å²) in [5, 5.41) is 0.0416. The van der Waals surface area contributed by atoms with Gasteiger partial charge in [-0.3, -0.25) is 4.79 Å². The van der Waals surface area contributed by atoms with Crippen LogP contribution in [0.5, 0.6) is 0 Å². The molecule has 0 fully saturated rings. The van der Waals surface area contributed by atoms with E-state index in [0.29, 0.717) is 6.61 Å². The lowest BCUT2D eigenvalue weighted by atomic mass is 10.3. The summed E-state index contributed by atoms with van der Waals surface area (Å²) in [6, 6.07) is 0. The number of carbonyl (C=O) groups excluding carboxylic acids is 1. The maximum absolute atomic E-state index is 10.3. The van der Waals surface area contributed by atoms with Gasteiger partial charge < -0.3 is 4.74 Å². The van der Waals surface area contributed by atoms with Crippen molar-refractivity contribution in [1.29, 1.82) is 0 Å². The molecule has 0 heterocycles. The van der Waals surface area contributed by atoms with Crippen molar-refractivity contribution < 1.29 is 9.53 Å². The summed E-state index contributed by atoms with van der Waals surface area (Å²) in [6.07, 6.45) is 0. The number of halogens is 2. The molecular formula is C6H10ClIO2. The van der Waals surface area contributed by atoms with E-state index in [4.69, 9.17) is 16.3 Å². The molecule has 2 unspecified atom stereocenters. The van der Waals surface area contributed by atoms with Gasteiger partial charge in [0.05, 0.1) is 3.92 Å². The zero-order valence-electron chi connectivity index (χ0n) is 5.93. The molecule has 2 nitrogen and oxygen atoms in total. The van der Waals surface area contributed by atoms with Crippen LogP contribution in [0.15, 0.2) is 0 Å². The normalized spacial score (nSPS) is 16.0. The number of alkyl halides is 2. The Bertz CT molecular complexity index is 116. The summed E-state index contributed by atoms with van der Waals surface area (Å²) in [6.45, 7) is 3.67. The number of rotatable bonds is 3. The molecule has 0 aromatic heterocycles. The SMILES string of the molecule is CC(=O)OCC(I)C(C)Cl. The maximum atomic E-state index is 10.3. The summed E-state index contributed by atoms with van der Waals surface area (Å²) in [5.41, 5.74) is 0. The molecule has 0 aromatic carbocycles. The van der Waals surface area contributed by atoms with Crippen LogP contribution in [-0.4, -0.2) is 21.9 Å². The van der Waals surface area contributed by atoms with E-state index < -0.39 is 0 Å². The molecule has 0 rings (SSSR count). The Labute approximate surface area is 79.4 Å². The number of hydrogen-bond donors (Lipinski definition) is 0. The van der Waals surface area contributed by atoms with Crippen LogP contribution in [0.25, 0.3) is 0 Å². The molecule has 0 saturated carbocycles. The van der Waals surface area contributed by atoms with Gasteiger partial charge in [-0.15, -0.1) is 11.6 Å². The molecule has 0 saturated heterocycles. The highest BCUT2D eigenvalue weighted by molar-refractivity contribution is 14.1. The number of esters is 1. The summed E-state index contributed by atoms with van der Waals surface area (Å²) in [7, 11) is 0. The molecule has 0 aliphatic rings. The first kappa shape index (κ1) is 10.5. The van der Waals surface area contributed by atoms with Gasteiger partial charge >= 0.3 is 5.97 Å². The summed E-state index contributed by atoms with van der Waals surface area (Å²) in [4.78, 5) is 10.3. The van der Waals surface area contributed by atoms with Crippen LogP contribution >= 0.6 is 34.2 Å². The van der Waals surface area contributed by atoms with Crippen molar-refractivity contribution in [2.45, 2.75) is 23.1 Å². The van der Waals surface area contributed by atoms with Crippen LogP contribution in [0.4, 0.5) is 0 Å². The second-order valence-corrected chi connectivity index (χ2v) is 4.28. The summed E-state index contributed by atoms with van der Waals surface area (Å²) >= 11 is 7.87. The lowest BCUT2D eigenvalue weighted by Crippen LogP contribution is -2.18. The topological polar surface area (TPSA) is 26.3 Å². The lowest BCUT2D eigenvalue weighted by Gasteiger charge is -2.10. The van der Waals surface area contributed by atoms with Crippen molar-refractivity contribution in [2.24, 2.45) is 0 Å². The molecule has 0 aliphatic carbocycles. The highest BCUT2D eigenvalue weighted by Crippen LogP contribution is 2.12. The Morgan fingerprint density at radius 2 is 2.30 bits per heavy atom. The fraction of sp³-hybridized carbons (Fsp3) is 0.833. The van der Waals surface area contributed by atoms with Crippen LogP contribution in [0.1, 0.15) is 13.8 Å². The molecule has 4 heteroatoms. The predicted molar refractivity (Wildman–Crippen MR) is 49.8 cm³/mol. The Kier molecular flexibility index (Phi) is 5.44. The molecule has 0 radical (unpaired) electrons. The van der Waals surface area contributed by atoms with E-state index in [1.165, 1.54) is 6.92 Å². The second kappa shape index (κ2) is 5.18. The van der Waals surface area contributed by atoms with Gasteiger partial charge in [0, 0.05) is 12.3 Å². The first-order chi connectivity index (χ1) is 4.54. The smallest absolute Gasteiger partial charge is 0.302 e. The van der Waals surface area contributed by atoms with Crippen LogP contribution in [0, 0.1) is 0 Å². The largest absolute Gasteiger partial charge is 0.465 e. The molecule has 0 aliphatic heterocycles. The zero-order valence-corrected chi connectivity index (χ0v) is 8.85. The number of hydrogen-bond acceptors (Lipinski definition) is 2. The Hall–Kier alpha value is 0.490. The standard InChI is InChI=1S/C6H10ClIO2/c1-4(7)6(8)3-10-5(2)9/h4,6H,3H2,1-2H3. The van der Waals surface area contributed by atoms with Crippen molar-refractivity contribution in [2.75, 3.05) is 6.61 Å². The van der Waals surface area contributed by atoms with Gasteiger partial charge in [-0.1, -0.05) is 22.6 Å². The monoisotopic (exact) mass is 276 g/mol. The average Bonchev–Trinajstić information content (AvgIpc) is 1.82. The molecule has 10 heavy (non-hydrogen) atoms. The van der Waals surface area contributed by atoms with Gasteiger partial charge in [0.1, 0.15) is 6.61 Å². The number of ether oxygens (including phenoxy) is 1. The lowest BCUT2D eigenvalue weighted by molar-refractivity contribution is -0.140. The van der Waals surface area contributed by atoms with Crippen molar-refractivity contribution >= 4 is 40.2 Å². The third kappa shape index (κ3) is 5.29. The van der Waals surface area contributed by atoms with E-state index in [9.17, 15) is 4.79 Å². The molecule has 60 valence electrons. The van der Waals surface area contributed by atoms with E-state index >= 15 is 0 Å². The molecule has 2 atom stereocenters. The van der Waals surface area contributed by atoms with Crippen LogP contribution in [-0.2, 0) is 9.53 Å². The zero-order chi connectivity index (χ0) is 8.15. The first-order valence-corrected chi connectivity index (χ1v) is 4.63. The molecule has 0 N–H and O–H groups in total. The molecule has 0 spiro atoms. The van der Waals surface area contributed by atoms with Gasteiger partial charge in [-0.25, -0.2) is 0 Å². The van der Waals surface area contributed by atoms with E-state index in [-0.39, 0.29) is 15.3 Å². The van der Waals surface area contributed by atoms with Gasteiger partial charge in [0.2, 0.25) is 0 Å². The van der Waals surface area contributed by atoms with E-state index in [2.05, 4.69) is 22.6 Å². The Morgan fingerprint density at radius 3 is 2.60 bits per heavy atom. The predicted octanol–water partition coefficient (Wildman–Crippen LogP) is 1.98. The van der Waals surface area contributed by atoms with Crippen molar-refractivity contribution in [3.8, 4) is 0 Å².